The lowest BCUT2D eigenvalue weighted by Crippen LogP contribution is -2.17. The van der Waals surface area contributed by atoms with E-state index in [-0.39, 0.29) is 0 Å². The second-order valence-electron chi connectivity index (χ2n) is 9.38. The summed E-state index contributed by atoms with van der Waals surface area (Å²) in [7, 11) is -1.60. The van der Waals surface area contributed by atoms with Gasteiger partial charge < -0.3 is 19.6 Å². The maximum atomic E-state index is 8.11. The van der Waals surface area contributed by atoms with E-state index < -0.39 is 7.32 Å². The molecule has 0 amide bonds. The van der Waals surface area contributed by atoms with Crippen LogP contribution in [0.1, 0.15) is 19.8 Å². The van der Waals surface area contributed by atoms with Crippen molar-refractivity contribution in [2.75, 3.05) is 11.5 Å². The number of unbranched alkanes of at least 4 members (excludes halogenated alkanes) is 1. The van der Waals surface area contributed by atoms with E-state index in [1.807, 2.05) is 6.92 Å². The van der Waals surface area contributed by atoms with Crippen LogP contribution >= 0.6 is 0 Å². The Labute approximate surface area is 229 Å². The molecule has 0 aromatic heterocycles. The van der Waals surface area contributed by atoms with Gasteiger partial charge in [0.25, 0.3) is 0 Å². The third kappa shape index (κ3) is 5.97. The number of nitrogens with zero attached hydrogens (tertiary/aromatic N) is 1. The van der Waals surface area contributed by atoms with Crippen molar-refractivity contribution < 1.29 is 14.7 Å². The first-order valence-corrected chi connectivity index (χ1v) is 13.4. The van der Waals surface area contributed by atoms with Crippen molar-refractivity contribution in [1.29, 1.82) is 0 Å². The van der Waals surface area contributed by atoms with Crippen molar-refractivity contribution in [1.82, 2.24) is 0 Å². The first kappa shape index (κ1) is 26.5. The second kappa shape index (κ2) is 12.6. The standard InChI is InChI=1S/C30H21N.C4H11BO3/c1-4-16-25-22(10-1)13-7-19-28(25)31(29-20-8-14-23-11-2-5-17-26(23)29)30-21-9-15-24-12-3-6-18-27(24)30;1-2-3-4-8-5(6)7/h1-21H;6-7H,2-4H2,1H3. The third-order valence-corrected chi connectivity index (χ3v) is 6.79. The van der Waals surface area contributed by atoms with Crippen LogP contribution in [0.4, 0.5) is 17.1 Å². The van der Waals surface area contributed by atoms with Crippen LogP contribution in [0.2, 0.25) is 0 Å². The summed E-state index contributed by atoms with van der Waals surface area (Å²) < 4.78 is 4.39. The molecule has 0 aliphatic carbocycles. The van der Waals surface area contributed by atoms with E-state index in [4.69, 9.17) is 10.0 Å². The lowest BCUT2D eigenvalue weighted by molar-refractivity contribution is 0.183. The molecule has 0 saturated carbocycles. The Morgan fingerprint density at radius 1 is 0.538 bits per heavy atom. The fourth-order valence-electron chi connectivity index (χ4n) is 4.93. The smallest absolute Gasteiger partial charge is 0.402 e. The molecule has 0 spiro atoms. The van der Waals surface area contributed by atoms with E-state index in [0.29, 0.717) is 6.61 Å². The Hall–Kier alpha value is -4.16. The molecule has 6 rings (SSSR count). The normalized spacial score (nSPS) is 10.8. The average Bonchev–Trinajstić information content (AvgIpc) is 2.98. The van der Waals surface area contributed by atoms with Crippen LogP contribution in [0, 0.1) is 0 Å². The molecule has 2 N–H and O–H groups in total. The van der Waals surface area contributed by atoms with Crippen LogP contribution in [-0.4, -0.2) is 24.0 Å². The highest BCUT2D eigenvalue weighted by molar-refractivity contribution is 6.32. The molecule has 4 nitrogen and oxygen atoms in total. The summed E-state index contributed by atoms with van der Waals surface area (Å²) >= 11 is 0. The SMILES string of the molecule is CCCCOB(O)O.c1ccc2c(N(c3cccc4ccccc34)c3cccc4ccccc34)cccc2c1. The van der Waals surface area contributed by atoms with Crippen LogP contribution in [0.3, 0.4) is 0 Å². The Morgan fingerprint density at radius 2 is 0.897 bits per heavy atom. The quantitative estimate of drug-likeness (QED) is 0.166. The maximum absolute atomic E-state index is 8.11. The van der Waals surface area contributed by atoms with Gasteiger partial charge in [0.2, 0.25) is 0 Å². The van der Waals surface area contributed by atoms with Crippen molar-refractivity contribution in [2.45, 2.75) is 19.8 Å². The van der Waals surface area contributed by atoms with E-state index >= 15 is 0 Å². The minimum Gasteiger partial charge on any atom is -0.402 e. The molecule has 0 aliphatic heterocycles. The van der Waals surface area contributed by atoms with Gasteiger partial charge in [0.05, 0.1) is 17.1 Å². The average molecular weight is 513 g/mol. The Balaban J connectivity index is 0.000000339. The first-order valence-electron chi connectivity index (χ1n) is 13.4. The molecular weight excluding hydrogens is 481 g/mol. The van der Waals surface area contributed by atoms with E-state index in [9.17, 15) is 0 Å². The van der Waals surface area contributed by atoms with Gasteiger partial charge in [-0.3, -0.25) is 0 Å². The van der Waals surface area contributed by atoms with Gasteiger partial charge in [-0.15, -0.1) is 0 Å². The second-order valence-corrected chi connectivity index (χ2v) is 9.38. The predicted molar refractivity (Wildman–Crippen MR) is 165 cm³/mol. The van der Waals surface area contributed by atoms with Gasteiger partial charge in [-0.25, -0.2) is 0 Å². The van der Waals surface area contributed by atoms with Crippen LogP contribution < -0.4 is 4.90 Å². The zero-order chi connectivity index (χ0) is 27.0. The summed E-state index contributed by atoms with van der Waals surface area (Å²) in [6.45, 7) is 2.43. The van der Waals surface area contributed by atoms with Crippen molar-refractivity contribution >= 4 is 56.7 Å². The monoisotopic (exact) mass is 513 g/mol. The Kier molecular flexibility index (Phi) is 8.54. The number of hydrogen-bond acceptors (Lipinski definition) is 4. The molecule has 0 bridgehead atoms. The number of fused-ring (bicyclic) bond motifs is 3. The Bertz CT molecular complexity index is 1480. The summed E-state index contributed by atoms with van der Waals surface area (Å²) in [6, 6.07) is 45.6. The zero-order valence-corrected chi connectivity index (χ0v) is 22.1. The molecule has 0 fully saturated rings. The lowest BCUT2D eigenvalue weighted by Gasteiger charge is -2.29. The van der Waals surface area contributed by atoms with Gasteiger partial charge in [0, 0.05) is 22.8 Å². The number of anilines is 3. The molecule has 39 heavy (non-hydrogen) atoms. The fourth-order valence-corrected chi connectivity index (χ4v) is 4.93. The minimum atomic E-state index is -1.60. The van der Waals surface area contributed by atoms with Gasteiger partial charge >= 0.3 is 7.32 Å². The Morgan fingerprint density at radius 3 is 1.26 bits per heavy atom. The molecular formula is C34H32BNO3. The van der Waals surface area contributed by atoms with Crippen LogP contribution in [0.25, 0.3) is 32.3 Å². The van der Waals surface area contributed by atoms with Crippen molar-refractivity contribution in [3.8, 4) is 0 Å². The van der Waals surface area contributed by atoms with Gasteiger partial charge in [-0.2, -0.15) is 0 Å². The van der Waals surface area contributed by atoms with E-state index in [1.165, 1.54) is 49.4 Å². The number of hydrogen-bond donors (Lipinski definition) is 2. The van der Waals surface area contributed by atoms with Crippen LogP contribution in [0.5, 0.6) is 0 Å². The lowest BCUT2D eigenvalue weighted by atomic mass is 10.0. The third-order valence-electron chi connectivity index (χ3n) is 6.79. The van der Waals surface area contributed by atoms with Gasteiger partial charge in [-0.1, -0.05) is 123 Å². The molecule has 0 aliphatic rings. The predicted octanol–water partition coefficient (Wildman–Crippen LogP) is 8.39. The maximum Gasteiger partial charge on any atom is 0.633 e. The molecule has 0 saturated heterocycles. The van der Waals surface area contributed by atoms with Gasteiger partial charge in [0.15, 0.2) is 0 Å². The van der Waals surface area contributed by atoms with E-state index in [0.717, 1.165) is 12.8 Å². The summed E-state index contributed by atoms with van der Waals surface area (Å²) in [5.74, 6) is 0. The zero-order valence-electron chi connectivity index (χ0n) is 22.1. The topological polar surface area (TPSA) is 52.9 Å². The highest BCUT2D eigenvalue weighted by Crippen LogP contribution is 2.44. The molecule has 194 valence electrons. The van der Waals surface area contributed by atoms with Crippen LogP contribution in [0.15, 0.2) is 127 Å². The molecule has 6 aromatic carbocycles. The minimum absolute atomic E-state index is 0.425. The first-order chi connectivity index (χ1) is 19.2. The molecule has 6 aromatic rings. The molecule has 5 heteroatoms. The highest BCUT2D eigenvalue weighted by atomic mass is 16.6. The van der Waals surface area contributed by atoms with Crippen molar-refractivity contribution in [2.24, 2.45) is 0 Å². The largest absolute Gasteiger partial charge is 0.633 e. The van der Waals surface area contributed by atoms with Crippen LogP contribution in [-0.2, 0) is 4.65 Å². The molecule has 0 heterocycles. The van der Waals surface area contributed by atoms with E-state index in [2.05, 4.69) is 137 Å². The molecule has 0 radical (unpaired) electrons. The van der Waals surface area contributed by atoms with Gasteiger partial charge in [-0.05, 0) is 40.8 Å². The fraction of sp³-hybridized carbons (Fsp3) is 0.118. The van der Waals surface area contributed by atoms with Crippen molar-refractivity contribution in [3.05, 3.63) is 127 Å². The molecule has 0 atom stereocenters. The summed E-state index contributed by atoms with van der Waals surface area (Å²) in [6.07, 6.45) is 1.88. The summed E-state index contributed by atoms with van der Waals surface area (Å²) in [5.41, 5.74) is 3.56. The van der Waals surface area contributed by atoms with Crippen molar-refractivity contribution in [3.63, 3.8) is 0 Å². The summed E-state index contributed by atoms with van der Waals surface area (Å²) in [5, 5.41) is 23.7. The number of benzene rings is 6. The van der Waals surface area contributed by atoms with E-state index in [1.54, 1.807) is 0 Å². The number of rotatable bonds is 7. The highest BCUT2D eigenvalue weighted by Gasteiger charge is 2.19. The summed E-state index contributed by atoms with van der Waals surface area (Å²) in [4.78, 5) is 2.42. The van der Waals surface area contributed by atoms with Gasteiger partial charge in [0.1, 0.15) is 0 Å². The molecule has 0 unspecified atom stereocenters.